The number of hydrogen-bond acceptors (Lipinski definition) is 6. The van der Waals surface area contributed by atoms with E-state index in [4.69, 9.17) is 4.74 Å². The van der Waals surface area contributed by atoms with Crippen molar-refractivity contribution in [3.8, 4) is 0 Å². The van der Waals surface area contributed by atoms with E-state index in [1.54, 1.807) is 23.9 Å². The van der Waals surface area contributed by atoms with Gasteiger partial charge in [-0.05, 0) is 52.3 Å². The molecule has 3 rings (SSSR count). The number of carbonyl (C=O) groups excluding carboxylic acids is 2. The molecule has 8 nitrogen and oxygen atoms in total. The van der Waals surface area contributed by atoms with Crippen LogP contribution in [0.5, 0.6) is 0 Å². The number of anilines is 1. The lowest BCUT2D eigenvalue weighted by Gasteiger charge is -2.06. The van der Waals surface area contributed by atoms with Crippen molar-refractivity contribution in [2.75, 3.05) is 11.9 Å². The predicted octanol–water partition coefficient (Wildman–Crippen LogP) is 3.31. The molecule has 0 radical (unpaired) electrons. The fourth-order valence-electron chi connectivity index (χ4n) is 2.85. The van der Waals surface area contributed by atoms with Gasteiger partial charge in [-0.2, -0.15) is 10.2 Å². The van der Waals surface area contributed by atoms with E-state index in [9.17, 15) is 9.59 Å². The molecule has 28 heavy (non-hydrogen) atoms. The van der Waals surface area contributed by atoms with Gasteiger partial charge in [0.05, 0.1) is 17.9 Å². The molecule has 0 aliphatic heterocycles. The van der Waals surface area contributed by atoms with Crippen LogP contribution in [0.15, 0.2) is 18.3 Å². The highest BCUT2D eigenvalue weighted by molar-refractivity contribution is 7.16. The Labute approximate surface area is 167 Å². The Hall–Kier alpha value is -2.94. The third-order valence-corrected chi connectivity index (χ3v) is 5.47. The number of rotatable bonds is 6. The minimum atomic E-state index is -0.435. The summed E-state index contributed by atoms with van der Waals surface area (Å²) in [5.41, 5.74) is 3.42. The van der Waals surface area contributed by atoms with E-state index in [1.807, 2.05) is 38.4 Å². The average molecular weight is 401 g/mol. The second-order valence-electron chi connectivity index (χ2n) is 6.47. The quantitative estimate of drug-likeness (QED) is 0.640. The second-order valence-corrected chi connectivity index (χ2v) is 7.70. The highest BCUT2D eigenvalue weighted by atomic mass is 32.1. The van der Waals surface area contributed by atoms with Gasteiger partial charge in [-0.15, -0.1) is 11.3 Å². The summed E-state index contributed by atoms with van der Waals surface area (Å²) < 4.78 is 8.58. The predicted molar refractivity (Wildman–Crippen MR) is 107 cm³/mol. The van der Waals surface area contributed by atoms with E-state index in [1.165, 1.54) is 11.3 Å². The number of nitrogens with one attached hydrogen (secondary N) is 1. The van der Waals surface area contributed by atoms with E-state index in [-0.39, 0.29) is 18.2 Å². The molecule has 0 spiro atoms. The van der Waals surface area contributed by atoms with Crippen LogP contribution < -0.4 is 5.32 Å². The maximum Gasteiger partial charge on any atom is 0.341 e. The van der Waals surface area contributed by atoms with Crippen molar-refractivity contribution >= 4 is 28.2 Å². The molecule has 0 aliphatic rings. The van der Waals surface area contributed by atoms with Gasteiger partial charge in [0.2, 0.25) is 0 Å². The average Bonchev–Trinajstić information content (AvgIpc) is 3.28. The lowest BCUT2D eigenvalue weighted by Crippen LogP contribution is -2.17. The maximum absolute atomic E-state index is 12.6. The summed E-state index contributed by atoms with van der Waals surface area (Å²) in [6.07, 6.45) is 1.72. The molecule has 0 aliphatic carbocycles. The largest absolute Gasteiger partial charge is 0.462 e. The zero-order valence-electron chi connectivity index (χ0n) is 16.6. The van der Waals surface area contributed by atoms with E-state index in [0.29, 0.717) is 17.2 Å². The van der Waals surface area contributed by atoms with Crippen molar-refractivity contribution < 1.29 is 14.3 Å². The fraction of sp³-hybridized carbons (Fsp3) is 0.368. The molecule has 0 saturated heterocycles. The SMILES string of the molecule is CCOC(=O)c1c(NC(=O)c2ccn(Cn3nc(C)cc3C)n2)sc(C)c1C. The Morgan fingerprint density at radius 2 is 1.96 bits per heavy atom. The number of ether oxygens (including phenoxy) is 1. The number of nitrogens with zero attached hydrogens (tertiary/aromatic N) is 4. The summed E-state index contributed by atoms with van der Waals surface area (Å²) in [5, 5.41) is 12.0. The summed E-state index contributed by atoms with van der Waals surface area (Å²) >= 11 is 1.35. The molecule has 1 amide bonds. The Balaban J connectivity index is 1.77. The minimum absolute atomic E-state index is 0.264. The lowest BCUT2D eigenvalue weighted by atomic mass is 10.1. The third kappa shape index (κ3) is 3.99. The van der Waals surface area contributed by atoms with Gasteiger partial charge in [-0.25, -0.2) is 9.48 Å². The summed E-state index contributed by atoms with van der Waals surface area (Å²) in [6, 6.07) is 3.62. The summed E-state index contributed by atoms with van der Waals surface area (Å²) in [7, 11) is 0. The first-order valence-electron chi connectivity index (χ1n) is 8.93. The van der Waals surface area contributed by atoms with Gasteiger partial charge in [0, 0.05) is 16.8 Å². The number of carbonyl (C=O) groups is 2. The summed E-state index contributed by atoms with van der Waals surface area (Å²) in [5.74, 6) is -0.811. The van der Waals surface area contributed by atoms with Crippen LogP contribution in [0, 0.1) is 27.7 Å². The van der Waals surface area contributed by atoms with Crippen LogP contribution in [0.2, 0.25) is 0 Å². The number of aryl methyl sites for hydroxylation is 3. The molecule has 0 bridgehead atoms. The van der Waals surface area contributed by atoms with Gasteiger partial charge >= 0.3 is 5.97 Å². The van der Waals surface area contributed by atoms with Gasteiger partial charge in [0.15, 0.2) is 5.69 Å². The number of aromatic nitrogens is 4. The number of esters is 1. The van der Waals surface area contributed by atoms with Gasteiger partial charge < -0.3 is 10.1 Å². The molecular formula is C19H23N5O3S. The van der Waals surface area contributed by atoms with Crippen molar-refractivity contribution in [2.24, 2.45) is 0 Å². The van der Waals surface area contributed by atoms with Gasteiger partial charge in [-0.3, -0.25) is 9.48 Å². The van der Waals surface area contributed by atoms with E-state index in [2.05, 4.69) is 15.5 Å². The molecule has 0 unspecified atom stereocenters. The van der Waals surface area contributed by atoms with Crippen LogP contribution >= 0.6 is 11.3 Å². The molecule has 1 N–H and O–H groups in total. The van der Waals surface area contributed by atoms with Gasteiger partial charge in [-0.1, -0.05) is 0 Å². The molecule has 0 aromatic carbocycles. The van der Waals surface area contributed by atoms with Crippen LogP contribution in [0.25, 0.3) is 0 Å². The number of thiophene rings is 1. The monoisotopic (exact) mass is 401 g/mol. The van der Waals surface area contributed by atoms with Crippen molar-refractivity contribution in [3.63, 3.8) is 0 Å². The maximum atomic E-state index is 12.6. The van der Waals surface area contributed by atoms with Crippen LogP contribution in [-0.4, -0.2) is 38.0 Å². The third-order valence-electron chi connectivity index (χ3n) is 4.35. The molecule has 0 fully saturated rings. The highest BCUT2D eigenvalue weighted by Gasteiger charge is 2.23. The number of amides is 1. The van der Waals surface area contributed by atoms with Crippen LogP contribution in [0.3, 0.4) is 0 Å². The fourth-order valence-corrected chi connectivity index (χ4v) is 3.89. The first-order chi connectivity index (χ1) is 13.3. The first kappa shape index (κ1) is 19.8. The highest BCUT2D eigenvalue weighted by Crippen LogP contribution is 2.33. The molecule has 3 aromatic rings. The van der Waals surface area contributed by atoms with Gasteiger partial charge in [0.1, 0.15) is 11.7 Å². The minimum Gasteiger partial charge on any atom is -0.462 e. The molecule has 3 aromatic heterocycles. The topological polar surface area (TPSA) is 91.0 Å². The van der Waals surface area contributed by atoms with E-state index < -0.39 is 5.97 Å². The molecule has 3 heterocycles. The number of hydrogen-bond donors (Lipinski definition) is 1. The van der Waals surface area contributed by atoms with Crippen LogP contribution in [0.1, 0.15) is 49.6 Å². The molecule has 148 valence electrons. The first-order valence-corrected chi connectivity index (χ1v) is 9.74. The van der Waals surface area contributed by atoms with Crippen molar-refractivity contribution in [1.82, 2.24) is 19.6 Å². The standard InChI is InChI=1S/C19H23N5O3S/c1-6-27-19(26)16-13(4)14(5)28-18(16)20-17(25)15-7-8-23(22-15)10-24-12(3)9-11(2)21-24/h7-9H,6,10H2,1-5H3,(H,20,25). The van der Waals surface area contributed by atoms with Gasteiger partial charge in [0.25, 0.3) is 5.91 Å². The smallest absolute Gasteiger partial charge is 0.341 e. The second kappa shape index (κ2) is 7.97. The Bertz CT molecular complexity index is 1030. The van der Waals surface area contributed by atoms with Crippen LogP contribution in [0.4, 0.5) is 5.00 Å². The zero-order chi connectivity index (χ0) is 20.4. The Kier molecular flexibility index (Phi) is 5.64. The van der Waals surface area contributed by atoms with Crippen LogP contribution in [-0.2, 0) is 11.4 Å². The van der Waals surface area contributed by atoms with Crippen molar-refractivity contribution in [1.29, 1.82) is 0 Å². The molecular weight excluding hydrogens is 378 g/mol. The molecule has 9 heteroatoms. The zero-order valence-corrected chi connectivity index (χ0v) is 17.4. The van der Waals surface area contributed by atoms with Crippen molar-refractivity contribution in [3.05, 3.63) is 51.4 Å². The Morgan fingerprint density at radius 3 is 2.61 bits per heavy atom. The van der Waals surface area contributed by atoms with E-state index >= 15 is 0 Å². The summed E-state index contributed by atoms with van der Waals surface area (Å²) in [6.45, 7) is 10.1. The summed E-state index contributed by atoms with van der Waals surface area (Å²) in [4.78, 5) is 25.9. The normalized spacial score (nSPS) is 10.9. The Morgan fingerprint density at radius 1 is 1.21 bits per heavy atom. The van der Waals surface area contributed by atoms with Crippen molar-refractivity contribution in [2.45, 2.75) is 41.3 Å². The lowest BCUT2D eigenvalue weighted by molar-refractivity contribution is 0.0527. The molecule has 0 saturated carbocycles. The van der Waals surface area contributed by atoms with E-state index in [0.717, 1.165) is 21.8 Å². The molecule has 0 atom stereocenters.